The molecule has 6 nitrogen and oxygen atoms in total. The van der Waals surface area contributed by atoms with Gasteiger partial charge in [-0.2, -0.15) is 0 Å². The van der Waals surface area contributed by atoms with Crippen LogP contribution in [-0.4, -0.2) is 71.5 Å². The second-order valence-corrected chi connectivity index (χ2v) is 2.44. The van der Waals surface area contributed by atoms with Gasteiger partial charge in [-0.05, 0) is 0 Å². The third kappa shape index (κ3) is 1.33. The van der Waals surface area contributed by atoms with Crippen LogP contribution in [0, 0.1) is 0 Å². The van der Waals surface area contributed by atoms with Gasteiger partial charge in [0.05, 0.1) is 4.11 Å². The first-order valence-electron chi connectivity index (χ1n) is 5.86. The van der Waals surface area contributed by atoms with E-state index in [1.807, 2.05) is 0 Å². The van der Waals surface area contributed by atoms with Gasteiger partial charge in [0.2, 0.25) is 4.29 Å². The first kappa shape index (κ1) is 4.32. The molecule has 0 aliphatic heterocycles. The molecule has 2 unspecified atom stereocenters. The summed E-state index contributed by atoms with van der Waals surface area (Å²) in [5, 5.41) is 39.9. The number of hydrogen-bond donors (Lipinski definition) is 6. The molecule has 1 fully saturated rings. The molecule has 12 heavy (non-hydrogen) atoms. The predicted molar refractivity (Wildman–Crippen MR) is 36.0 cm³/mol. The van der Waals surface area contributed by atoms with Gasteiger partial charge in [0.25, 0.3) is 0 Å². The predicted octanol–water partition coefficient (Wildman–Crippen LogP) is -3.83. The van der Waals surface area contributed by atoms with Gasteiger partial charge in [-0.15, -0.1) is 0 Å². The lowest BCUT2D eigenvalue weighted by atomic mass is 9.85. The molecule has 0 heterocycles. The van der Waals surface area contributed by atoms with Crippen LogP contribution >= 0.6 is 0 Å². The molecule has 0 bridgehead atoms. The molecule has 6 heteroatoms. The molecule has 1 aliphatic rings. The third-order valence-corrected chi connectivity index (χ3v) is 1.63. The van der Waals surface area contributed by atoms with E-state index in [9.17, 15) is 15.3 Å². The maximum Gasteiger partial charge on any atom is 0.211 e. The van der Waals surface area contributed by atoms with Crippen LogP contribution in [0.15, 0.2) is 0 Å². The highest BCUT2D eigenvalue weighted by Gasteiger charge is 2.47. The first-order valence-corrected chi connectivity index (χ1v) is 3.13. The van der Waals surface area contributed by atoms with Crippen molar-refractivity contribution in [3.63, 3.8) is 0 Å². The Kier molecular flexibility index (Phi) is 1.17. The number of aliphatic hydroxyl groups is 6. The normalized spacial score (nSPS) is 80.8. The maximum absolute atomic E-state index is 9.54. The van der Waals surface area contributed by atoms with Gasteiger partial charge in [0.1, 0.15) is 36.6 Å². The van der Waals surface area contributed by atoms with Crippen molar-refractivity contribution in [1.29, 1.82) is 4.29 Å². The Hall–Kier alpha value is -0.240. The van der Waals surface area contributed by atoms with Crippen molar-refractivity contribution in [3.05, 3.63) is 0 Å². The fraction of sp³-hybridized carbons (Fsp3) is 1.00. The highest BCUT2D eigenvalue weighted by Crippen LogP contribution is 2.20. The molecule has 0 saturated heterocycles. The van der Waals surface area contributed by atoms with Crippen LogP contribution in [-0.2, 0) is 0 Å². The minimum absolute atomic E-state index is 2.20. The zero-order valence-electron chi connectivity index (χ0n) is 11.8. The zero-order valence-corrected chi connectivity index (χ0v) is 5.80. The Morgan fingerprint density at radius 3 is 1.50 bits per heavy atom. The zero-order chi connectivity index (χ0) is 14.4. The van der Waals surface area contributed by atoms with Crippen LogP contribution in [0.4, 0.5) is 0 Å². The van der Waals surface area contributed by atoms with Crippen LogP contribution in [0.2, 0.25) is 0 Å². The molecule has 0 radical (unpaired) electrons. The fourth-order valence-electron chi connectivity index (χ4n) is 0.873. The Morgan fingerprint density at radius 1 is 0.750 bits per heavy atom. The standard InChI is InChI=1S/C6H12O6/c7-1-2(8)4(10)6(12)5(11)3(1)9/h1-12H/t1-,2-,3?,4?,5-,6-/i1D,2D,3D,7D,8D,9D/t1?,2-,3+,4+,5-,6?. The van der Waals surface area contributed by atoms with E-state index in [0.29, 0.717) is 0 Å². The number of hydrogen-bond acceptors (Lipinski definition) is 6. The summed E-state index contributed by atoms with van der Waals surface area (Å²) in [7, 11) is 0. The molecule has 0 spiro atoms. The lowest BCUT2D eigenvalue weighted by Gasteiger charge is -2.39. The van der Waals surface area contributed by atoms with Gasteiger partial charge >= 0.3 is 0 Å². The second kappa shape index (κ2) is 3.25. The molecule has 0 aromatic heterocycles. The minimum Gasteiger partial charge on any atom is -0.387 e. The molecule has 0 aromatic rings. The van der Waals surface area contributed by atoms with E-state index in [2.05, 4.69) is 15.3 Å². The van der Waals surface area contributed by atoms with Crippen LogP contribution in [0.3, 0.4) is 0 Å². The molecular formula is C6H12O6. The number of rotatable bonds is 3. The molecule has 1 rings (SSSR count). The SMILES string of the molecule is [2H]OC1([2H])[C@@]([2H])(O[2H])[C@H](O)C(O)[C@H](O)[C@@]1([2H])O[2H]. The molecular weight excluding hydrogens is 168 g/mol. The van der Waals surface area contributed by atoms with Crippen LogP contribution < -0.4 is 0 Å². The summed E-state index contributed by atoms with van der Waals surface area (Å²) in [6.45, 7) is 0. The topological polar surface area (TPSA) is 121 Å². The summed E-state index contributed by atoms with van der Waals surface area (Å²) in [6.07, 6.45) is -16.4. The summed E-state index contributed by atoms with van der Waals surface area (Å²) < 4.78 is 42.8. The van der Waals surface area contributed by atoms with E-state index >= 15 is 0 Å². The van der Waals surface area contributed by atoms with Crippen molar-refractivity contribution in [1.82, 2.24) is 0 Å². The smallest absolute Gasteiger partial charge is 0.211 e. The number of aliphatic hydroxyl groups excluding tert-OH is 3. The Balaban J connectivity index is 3.45. The van der Waals surface area contributed by atoms with Crippen molar-refractivity contribution in [2.75, 3.05) is 0 Å². The quantitative estimate of drug-likeness (QED) is 0.268. The lowest BCUT2D eigenvalue weighted by molar-refractivity contribution is -0.223. The van der Waals surface area contributed by atoms with E-state index in [1.165, 1.54) is 0 Å². The molecule has 6 atom stereocenters. The van der Waals surface area contributed by atoms with Crippen LogP contribution in [0.1, 0.15) is 4.11 Å². The summed E-state index contributed by atoms with van der Waals surface area (Å²) in [4.78, 5) is 0. The maximum atomic E-state index is 9.54. The Bertz CT molecular complexity index is 297. The van der Waals surface area contributed by atoms with Gasteiger partial charge < -0.3 is 30.6 Å². The fourth-order valence-corrected chi connectivity index (χ4v) is 0.873. The molecule has 72 valence electrons. The highest BCUT2D eigenvalue weighted by atomic mass is 16.4. The molecule has 6 N–H and O–H groups in total. The summed E-state index contributed by atoms with van der Waals surface area (Å²) in [5.74, 6) is 0. The van der Waals surface area contributed by atoms with Crippen molar-refractivity contribution in [3.8, 4) is 0 Å². The monoisotopic (exact) mass is 186 g/mol. The molecule has 1 aliphatic carbocycles. The summed E-state index contributed by atoms with van der Waals surface area (Å²) in [5.41, 5.74) is 0. The first-order chi connectivity index (χ1) is 8.16. The van der Waals surface area contributed by atoms with Crippen molar-refractivity contribution in [2.24, 2.45) is 0 Å². The van der Waals surface area contributed by atoms with Gasteiger partial charge in [0.15, 0.2) is 0 Å². The average Bonchev–Trinajstić information content (AvgIpc) is 2.40. The lowest BCUT2D eigenvalue weighted by Crippen LogP contribution is -2.63. The van der Waals surface area contributed by atoms with Gasteiger partial charge in [-0.1, -0.05) is 0 Å². The van der Waals surface area contributed by atoms with E-state index in [4.69, 9.17) is 8.41 Å². The van der Waals surface area contributed by atoms with E-state index in [-0.39, 0.29) is 0 Å². The third-order valence-electron chi connectivity index (χ3n) is 1.63. The Labute approximate surface area is 77.0 Å². The second-order valence-electron chi connectivity index (χ2n) is 2.44. The minimum atomic E-state index is -3.28. The van der Waals surface area contributed by atoms with Gasteiger partial charge in [-0.3, -0.25) is 0 Å². The molecule has 0 aromatic carbocycles. The summed E-state index contributed by atoms with van der Waals surface area (Å²) in [6, 6.07) is 0. The summed E-state index contributed by atoms with van der Waals surface area (Å²) >= 11 is 0. The average molecular weight is 186 g/mol. The Morgan fingerprint density at radius 2 is 1.17 bits per heavy atom. The van der Waals surface area contributed by atoms with E-state index in [1.54, 1.807) is 0 Å². The van der Waals surface area contributed by atoms with Gasteiger partial charge in [0, 0.05) is 0 Å². The molecule has 0 amide bonds. The van der Waals surface area contributed by atoms with E-state index < -0.39 is 36.6 Å². The van der Waals surface area contributed by atoms with Crippen molar-refractivity contribution < 1.29 is 34.8 Å². The largest absolute Gasteiger partial charge is 0.387 e. The molecule has 1 saturated carbocycles. The van der Waals surface area contributed by atoms with Crippen LogP contribution in [0.25, 0.3) is 0 Å². The van der Waals surface area contributed by atoms with E-state index in [0.717, 1.165) is 0 Å². The van der Waals surface area contributed by atoms with Crippen molar-refractivity contribution >= 4 is 0 Å². The van der Waals surface area contributed by atoms with Crippen molar-refractivity contribution in [2.45, 2.75) is 36.6 Å². The van der Waals surface area contributed by atoms with Gasteiger partial charge in [-0.25, -0.2) is 0 Å². The highest BCUT2D eigenvalue weighted by molar-refractivity contribution is 4.98. The van der Waals surface area contributed by atoms with Crippen LogP contribution in [0.5, 0.6) is 0 Å².